The van der Waals surface area contributed by atoms with E-state index in [0.29, 0.717) is 24.5 Å². The normalized spacial score (nSPS) is 45.4. The highest BCUT2D eigenvalue weighted by Crippen LogP contribution is 2.57. The second-order valence-electron chi connectivity index (χ2n) is 17.1. The maximum absolute atomic E-state index is 14.7. The monoisotopic (exact) mass is 747 g/mol. The number of likely N-dealkylation sites (N-methyl/N-ethyl adjacent to an activating group) is 1. The molecule has 0 amide bonds. The molecule has 11 nitrogen and oxygen atoms in total. The third-order valence-corrected chi connectivity index (χ3v) is 13.8. The average molecular weight is 748 g/mol. The van der Waals surface area contributed by atoms with Crippen LogP contribution >= 0.6 is 0 Å². The lowest BCUT2D eigenvalue weighted by Crippen LogP contribution is -2.60. The zero-order chi connectivity index (χ0) is 38.0. The van der Waals surface area contributed by atoms with Crippen LogP contribution in [0.1, 0.15) is 105 Å². The molecule has 6 aliphatic rings. The Balaban J connectivity index is 1.20. The molecule has 5 fully saturated rings. The molecular formula is C42H69NO10. The minimum Gasteiger partial charge on any atom is -0.462 e. The van der Waals surface area contributed by atoms with E-state index in [-0.39, 0.29) is 90.9 Å². The van der Waals surface area contributed by atoms with Crippen molar-refractivity contribution in [3.8, 4) is 0 Å². The first-order valence-electron chi connectivity index (χ1n) is 20.9. The predicted molar refractivity (Wildman–Crippen MR) is 199 cm³/mol. The summed E-state index contributed by atoms with van der Waals surface area (Å²) in [4.78, 5) is 30.5. The lowest BCUT2D eigenvalue weighted by atomic mass is 9.66. The lowest BCUT2D eigenvalue weighted by Gasteiger charge is -2.44. The van der Waals surface area contributed by atoms with E-state index < -0.39 is 12.4 Å². The van der Waals surface area contributed by atoms with Gasteiger partial charge in [-0.3, -0.25) is 9.59 Å². The Morgan fingerprint density at radius 2 is 1.60 bits per heavy atom. The number of esters is 1. The van der Waals surface area contributed by atoms with Crippen LogP contribution in [0.2, 0.25) is 0 Å². The fourth-order valence-electron chi connectivity index (χ4n) is 11.1. The number of ketones is 1. The Morgan fingerprint density at radius 3 is 2.28 bits per heavy atom. The molecule has 53 heavy (non-hydrogen) atoms. The molecule has 302 valence electrons. The zero-order valence-electron chi connectivity index (χ0n) is 33.9. The second-order valence-corrected chi connectivity index (χ2v) is 17.1. The third kappa shape index (κ3) is 8.93. The van der Waals surface area contributed by atoms with Gasteiger partial charge >= 0.3 is 5.97 Å². The first kappa shape index (κ1) is 41.2. The minimum atomic E-state index is -0.568. The van der Waals surface area contributed by atoms with Crippen molar-refractivity contribution in [2.45, 2.75) is 173 Å². The summed E-state index contributed by atoms with van der Waals surface area (Å²) >= 11 is 0. The molecule has 0 radical (unpaired) electrons. The molecule has 0 N–H and O–H groups in total. The van der Waals surface area contributed by atoms with E-state index in [1.165, 1.54) is 0 Å². The summed E-state index contributed by atoms with van der Waals surface area (Å²) in [5.41, 5.74) is 0.816. The number of carbonyl (C=O) groups excluding carboxylic acids is 2. The van der Waals surface area contributed by atoms with Gasteiger partial charge in [-0.2, -0.15) is 0 Å². The number of nitrogens with zero attached hydrogens (tertiary/aromatic N) is 1. The van der Waals surface area contributed by atoms with Crippen molar-refractivity contribution in [3.63, 3.8) is 0 Å². The van der Waals surface area contributed by atoms with Crippen molar-refractivity contribution in [1.82, 2.24) is 4.90 Å². The van der Waals surface area contributed by atoms with Gasteiger partial charge in [-0.1, -0.05) is 19.9 Å². The number of fused-ring (bicyclic) bond motifs is 5. The van der Waals surface area contributed by atoms with Crippen LogP contribution in [-0.4, -0.2) is 119 Å². The number of allylic oxidation sites excluding steroid dienone is 2. The number of carbonyl (C=O) groups is 2. The van der Waals surface area contributed by atoms with Crippen molar-refractivity contribution < 1.29 is 47.5 Å². The molecule has 0 aromatic heterocycles. The van der Waals surface area contributed by atoms with E-state index in [1.54, 1.807) is 14.2 Å². The van der Waals surface area contributed by atoms with Crippen molar-refractivity contribution in [1.29, 1.82) is 0 Å². The van der Waals surface area contributed by atoms with E-state index in [0.717, 1.165) is 69.8 Å². The maximum Gasteiger partial charge on any atom is 0.306 e. The van der Waals surface area contributed by atoms with Crippen molar-refractivity contribution >= 4 is 11.8 Å². The topological polar surface area (TPSA) is 111 Å². The van der Waals surface area contributed by atoms with Crippen molar-refractivity contribution in [3.05, 3.63) is 11.6 Å². The number of hydrogen-bond acceptors (Lipinski definition) is 11. The number of cyclic esters (lactones) is 1. The standard InChI is InChI=1S/C42H69NO10/c1-10-27-13-12-14-35(53-37-18-17-34(43(6)7)24(4)49-37)23(3)38(45)33-21-31-29(32(33)22-36(44)51-27)16-15-26-19-28(20-30(26)31)52-42-41(47-9)40(48-11-2)39(46-8)25(5)50-42/h21,23-32,34-35,37,39-42H,10-20,22H2,1-9H3/t23-,24?,25?,26-,27+,28-,29-,30-,31-,32+,34?,35+,37?,39?,40?,41?,42?/m1/s1. The number of rotatable bonds is 10. The molecule has 3 saturated heterocycles. The first-order chi connectivity index (χ1) is 25.5. The smallest absolute Gasteiger partial charge is 0.306 e. The molecule has 0 aromatic rings. The summed E-state index contributed by atoms with van der Waals surface area (Å²) in [7, 11) is 7.55. The summed E-state index contributed by atoms with van der Waals surface area (Å²) in [5, 5.41) is 0. The van der Waals surface area contributed by atoms with Gasteiger partial charge in [-0.25, -0.2) is 0 Å². The molecule has 0 aromatic carbocycles. The molecule has 3 heterocycles. The molecule has 17 atom stereocenters. The van der Waals surface area contributed by atoms with E-state index >= 15 is 0 Å². The van der Waals surface area contributed by atoms with Gasteiger partial charge in [0, 0.05) is 38.7 Å². The van der Waals surface area contributed by atoms with E-state index in [2.05, 4.69) is 38.9 Å². The summed E-state index contributed by atoms with van der Waals surface area (Å²) in [6.45, 7) is 10.7. The lowest BCUT2D eigenvalue weighted by molar-refractivity contribution is -0.317. The van der Waals surface area contributed by atoms with Gasteiger partial charge < -0.3 is 42.8 Å². The molecule has 3 aliphatic heterocycles. The largest absolute Gasteiger partial charge is 0.462 e. The van der Waals surface area contributed by atoms with Crippen LogP contribution in [0.25, 0.3) is 0 Å². The summed E-state index contributed by atoms with van der Waals surface area (Å²) < 4.78 is 50.2. The van der Waals surface area contributed by atoms with Crippen LogP contribution in [-0.2, 0) is 47.5 Å². The molecule has 6 rings (SSSR count). The van der Waals surface area contributed by atoms with Gasteiger partial charge in [0.1, 0.15) is 24.4 Å². The quantitative estimate of drug-likeness (QED) is 0.242. The molecule has 2 saturated carbocycles. The Kier molecular flexibility index (Phi) is 14.2. The van der Waals surface area contributed by atoms with Gasteiger partial charge in [0.15, 0.2) is 18.4 Å². The highest BCUT2D eigenvalue weighted by molar-refractivity contribution is 5.99. The predicted octanol–water partition coefficient (Wildman–Crippen LogP) is 6.10. The first-order valence-corrected chi connectivity index (χ1v) is 20.9. The average Bonchev–Trinajstić information content (AvgIpc) is 3.70. The van der Waals surface area contributed by atoms with Gasteiger partial charge in [-0.15, -0.1) is 0 Å². The summed E-state index contributed by atoms with van der Waals surface area (Å²) in [6.07, 6.45) is 8.81. The SMILES string of the molecule is CCOC1C(OC)C(C)OC(O[C@@H]2C[C@H]3CC[C@@H]4[C@@H](C=C5C(=O)[C@H](C)[C@@H](OC6CCC(N(C)C)C(C)O6)CCC[C@H](CC)OC(=O)C[C@H]54)[C@@H]3C2)C1OC. The fraction of sp³-hybridized carbons (Fsp3) is 0.905. The Labute approximate surface area is 318 Å². The highest BCUT2D eigenvalue weighted by Gasteiger charge is 2.54. The van der Waals surface area contributed by atoms with Crippen LogP contribution in [0.3, 0.4) is 0 Å². The number of hydrogen-bond donors (Lipinski definition) is 0. The third-order valence-electron chi connectivity index (χ3n) is 13.8. The van der Waals surface area contributed by atoms with E-state index in [9.17, 15) is 9.59 Å². The number of Topliss-reactive ketones (excluding diaryl/α,β-unsaturated/α-hetero) is 1. The fourth-order valence-corrected chi connectivity index (χ4v) is 11.1. The minimum absolute atomic E-state index is 0.00218. The Bertz CT molecular complexity index is 1260. The van der Waals surface area contributed by atoms with Crippen LogP contribution in [0, 0.1) is 35.5 Å². The second kappa shape index (κ2) is 18.2. The summed E-state index contributed by atoms with van der Waals surface area (Å²) in [5.74, 6) is 0.733. The van der Waals surface area contributed by atoms with Crippen molar-refractivity contribution in [2.75, 3.05) is 34.9 Å². The molecule has 8 unspecified atom stereocenters. The molecule has 11 heteroatoms. The maximum atomic E-state index is 14.7. The van der Waals surface area contributed by atoms with Crippen LogP contribution in [0.15, 0.2) is 11.6 Å². The van der Waals surface area contributed by atoms with Crippen LogP contribution < -0.4 is 0 Å². The molecule has 0 bridgehead atoms. The zero-order valence-corrected chi connectivity index (χ0v) is 33.9. The van der Waals surface area contributed by atoms with E-state index in [1.807, 2.05) is 20.8 Å². The van der Waals surface area contributed by atoms with Crippen LogP contribution in [0.5, 0.6) is 0 Å². The number of methoxy groups -OCH3 is 2. The van der Waals surface area contributed by atoms with Gasteiger partial charge in [0.2, 0.25) is 0 Å². The summed E-state index contributed by atoms with van der Waals surface area (Å²) in [6, 6.07) is 0.345. The van der Waals surface area contributed by atoms with Crippen LogP contribution in [0.4, 0.5) is 0 Å². The van der Waals surface area contributed by atoms with Crippen molar-refractivity contribution in [2.24, 2.45) is 35.5 Å². The molecular weight excluding hydrogens is 678 g/mol. The molecule has 3 aliphatic carbocycles. The van der Waals surface area contributed by atoms with E-state index in [4.69, 9.17) is 37.9 Å². The Hall–Kier alpha value is -1.44. The molecule has 0 spiro atoms. The highest BCUT2D eigenvalue weighted by atomic mass is 16.7. The van der Waals surface area contributed by atoms with Gasteiger partial charge in [0.05, 0.1) is 30.8 Å². The van der Waals surface area contributed by atoms with Gasteiger partial charge in [0.25, 0.3) is 0 Å². The van der Waals surface area contributed by atoms with Gasteiger partial charge in [-0.05, 0) is 128 Å². The number of ether oxygens (including phenoxy) is 8. The Morgan fingerprint density at radius 1 is 0.830 bits per heavy atom.